The molecule has 0 spiro atoms. The predicted octanol–water partition coefficient (Wildman–Crippen LogP) is -2.39. The number of hydrogen-bond donors (Lipinski definition) is 14. The molecule has 0 aliphatic carbocycles. The van der Waals surface area contributed by atoms with Gasteiger partial charge in [-0.15, -0.1) is 0 Å². The van der Waals surface area contributed by atoms with Crippen molar-refractivity contribution in [3.8, 4) is 5.75 Å². The zero-order valence-electron chi connectivity index (χ0n) is 51.5. The van der Waals surface area contributed by atoms with E-state index in [0.717, 1.165) is 11.9 Å². The number of benzene rings is 2. The number of aromatic amines is 1. The van der Waals surface area contributed by atoms with Gasteiger partial charge in [0.05, 0.1) is 49.4 Å². The molecule has 35 nitrogen and oxygen atoms in total. The van der Waals surface area contributed by atoms with E-state index in [4.69, 9.17) is 4.74 Å². The Morgan fingerprint density at radius 2 is 1.16 bits per heavy atom. The molecule has 510 valence electrons. The summed E-state index contributed by atoms with van der Waals surface area (Å²) >= 11 is 0. The molecule has 5 amide bonds. The number of amides is 5. The minimum atomic E-state index is -4.49. The summed E-state index contributed by atoms with van der Waals surface area (Å²) in [5.74, 6) is -10.6. The molecule has 0 bridgehead atoms. The first kappa shape index (κ1) is 74.4. The number of carboxylic acid groups (broad SMARTS) is 6. The van der Waals surface area contributed by atoms with Gasteiger partial charge in [-0.25, -0.2) is 13.4 Å². The number of anilines is 1. The number of aryl methyl sites for hydroxylation is 3. The van der Waals surface area contributed by atoms with Gasteiger partial charge in [-0.05, 0) is 81.0 Å². The van der Waals surface area contributed by atoms with Crippen LogP contribution in [-0.4, -0.2) is 273 Å². The van der Waals surface area contributed by atoms with Crippen LogP contribution in [0.5, 0.6) is 5.75 Å². The number of aliphatic carboxylic acids is 6. The summed E-state index contributed by atoms with van der Waals surface area (Å²) in [7, 11) is -4.49. The number of carbonyl (C=O) groups is 11. The first-order chi connectivity index (χ1) is 44.1. The lowest BCUT2D eigenvalue weighted by molar-refractivity contribution is -0.140. The van der Waals surface area contributed by atoms with Gasteiger partial charge in [0.25, 0.3) is 5.91 Å². The molecule has 5 rings (SSSR count). The summed E-state index contributed by atoms with van der Waals surface area (Å²) in [5, 5.41) is 78.2. The number of rotatable bonds is 38. The van der Waals surface area contributed by atoms with Crippen LogP contribution in [0.3, 0.4) is 0 Å². The van der Waals surface area contributed by atoms with Crippen LogP contribution in [0.15, 0.2) is 53.8 Å². The third kappa shape index (κ3) is 26.4. The normalized spacial score (nSPS) is 14.9. The van der Waals surface area contributed by atoms with Crippen molar-refractivity contribution in [3.05, 3.63) is 65.6 Å². The van der Waals surface area contributed by atoms with Gasteiger partial charge in [-0.3, -0.25) is 77.0 Å². The zero-order valence-corrected chi connectivity index (χ0v) is 52.3. The molecule has 1 saturated heterocycles. The molecular formula is C57H81N15O20S. The Morgan fingerprint density at radius 1 is 0.613 bits per heavy atom. The van der Waals surface area contributed by atoms with E-state index < -0.39 is 145 Å². The van der Waals surface area contributed by atoms with Crippen molar-refractivity contribution >= 4 is 92.2 Å². The monoisotopic (exact) mass is 1330 g/mol. The lowest BCUT2D eigenvalue weighted by Gasteiger charge is -2.33. The third-order valence-corrected chi connectivity index (χ3v) is 16.3. The quantitative estimate of drug-likeness (QED) is 0.0208. The molecule has 2 aromatic carbocycles. The van der Waals surface area contributed by atoms with E-state index in [1.165, 1.54) is 35.8 Å². The van der Waals surface area contributed by atoms with Gasteiger partial charge in [0.1, 0.15) is 23.9 Å². The van der Waals surface area contributed by atoms with E-state index in [2.05, 4.69) is 51.7 Å². The smallest absolute Gasteiger partial charge is 0.323 e. The number of fused-ring (bicyclic) bond motifs is 1. The van der Waals surface area contributed by atoms with Crippen molar-refractivity contribution in [3.63, 3.8) is 0 Å². The van der Waals surface area contributed by atoms with E-state index in [9.17, 15) is 91.8 Å². The number of H-pyrrole nitrogens is 1. The predicted molar refractivity (Wildman–Crippen MR) is 328 cm³/mol. The molecule has 14 N–H and O–H groups in total. The molecule has 1 aliphatic heterocycles. The topological polar surface area (TPSA) is 496 Å². The molecule has 1 unspecified atom stereocenters. The molecule has 4 aromatic rings. The van der Waals surface area contributed by atoms with Gasteiger partial charge in [0.15, 0.2) is 5.95 Å². The maximum atomic E-state index is 13.7. The molecule has 3 heterocycles. The maximum Gasteiger partial charge on any atom is 0.323 e. The molecule has 1 fully saturated rings. The Hall–Kier alpha value is -9.36. The first-order valence-electron chi connectivity index (χ1n) is 29.7. The second-order valence-electron chi connectivity index (χ2n) is 21.9. The summed E-state index contributed by atoms with van der Waals surface area (Å²) in [4.78, 5) is 150. The summed E-state index contributed by atoms with van der Waals surface area (Å²) in [6.07, 6.45) is 3.62. The summed E-state index contributed by atoms with van der Waals surface area (Å²) in [6, 6.07) is 2.85. The molecular weight excluding hydrogens is 1250 g/mol. The SMILES string of the molecule is Cc1cc(OCCCC(=O)NCCNC(=O)C(CCC(=O)O)NC(=O)[C@H](CCC(=O)O)NC(=O)CN2CCN(CC(=O)O)CCN(CC(=O)O)CCN(CC(=O)O)CC2)cc(C)c1S(=O)(=O)N[C@@H](CNC(=O)c1ccc2c(cnn2CCCNc2ncc[nH]2)c1)C(=O)O. The average Bonchev–Trinajstić information content (AvgIpc) is 1.31. The minimum Gasteiger partial charge on any atom is -0.494 e. The van der Waals surface area contributed by atoms with Crippen LogP contribution < -0.4 is 41.4 Å². The largest absolute Gasteiger partial charge is 0.494 e. The van der Waals surface area contributed by atoms with Crippen LogP contribution in [-0.2, 0) is 64.5 Å². The van der Waals surface area contributed by atoms with Crippen LogP contribution in [0, 0.1) is 13.8 Å². The number of hydrogen-bond acceptors (Lipinski definition) is 21. The van der Waals surface area contributed by atoms with Crippen LogP contribution in [0.4, 0.5) is 5.95 Å². The van der Waals surface area contributed by atoms with Gasteiger partial charge < -0.3 is 72.3 Å². The fourth-order valence-electron chi connectivity index (χ4n) is 9.94. The zero-order chi connectivity index (χ0) is 68.2. The lowest BCUT2D eigenvalue weighted by atomic mass is 10.1. The Morgan fingerprint density at radius 3 is 1.69 bits per heavy atom. The maximum absolute atomic E-state index is 13.7. The second kappa shape index (κ2) is 37.2. The van der Waals surface area contributed by atoms with E-state index in [0.29, 0.717) is 24.4 Å². The van der Waals surface area contributed by atoms with Gasteiger partial charge in [-0.2, -0.15) is 9.82 Å². The van der Waals surface area contributed by atoms with Crippen LogP contribution in [0.1, 0.15) is 66.4 Å². The number of imidazole rings is 1. The van der Waals surface area contributed by atoms with Crippen molar-refractivity contribution in [1.29, 1.82) is 0 Å². The van der Waals surface area contributed by atoms with Crippen molar-refractivity contribution in [1.82, 2.24) is 70.7 Å². The molecule has 93 heavy (non-hydrogen) atoms. The van der Waals surface area contributed by atoms with E-state index in [-0.39, 0.29) is 119 Å². The van der Waals surface area contributed by atoms with Crippen LogP contribution in [0.2, 0.25) is 0 Å². The van der Waals surface area contributed by atoms with Crippen molar-refractivity contribution in [2.24, 2.45) is 0 Å². The number of carboxylic acids is 6. The van der Waals surface area contributed by atoms with E-state index >= 15 is 0 Å². The molecule has 0 saturated carbocycles. The fraction of sp³-hybridized carbons (Fsp3) is 0.526. The van der Waals surface area contributed by atoms with Gasteiger partial charge >= 0.3 is 35.8 Å². The minimum absolute atomic E-state index is 0.00995. The highest BCUT2D eigenvalue weighted by Crippen LogP contribution is 2.26. The van der Waals surface area contributed by atoms with Gasteiger partial charge in [0, 0.05) is 128 Å². The number of nitrogens with one attached hydrogen (secondary N) is 8. The summed E-state index contributed by atoms with van der Waals surface area (Å²) < 4.78 is 37.1. The number of nitrogens with zero attached hydrogens (tertiary/aromatic N) is 7. The van der Waals surface area contributed by atoms with E-state index in [1.807, 2.05) is 0 Å². The molecule has 1 aliphatic rings. The van der Waals surface area contributed by atoms with Crippen LogP contribution >= 0.6 is 0 Å². The fourth-order valence-corrected chi connectivity index (χ4v) is 11.6. The lowest BCUT2D eigenvalue weighted by Crippen LogP contribution is -2.55. The second-order valence-corrected chi connectivity index (χ2v) is 23.5. The van der Waals surface area contributed by atoms with Gasteiger partial charge in [0.2, 0.25) is 33.7 Å². The van der Waals surface area contributed by atoms with Crippen molar-refractivity contribution in [2.75, 3.05) is 117 Å². The van der Waals surface area contributed by atoms with E-state index in [1.54, 1.807) is 51.3 Å². The first-order valence-corrected chi connectivity index (χ1v) is 31.2. The Labute approximate surface area is 534 Å². The summed E-state index contributed by atoms with van der Waals surface area (Å²) in [6.45, 7) is 2.25. The molecule has 36 heteroatoms. The third-order valence-electron chi connectivity index (χ3n) is 14.5. The Kier molecular flexibility index (Phi) is 29.8. The average molecular weight is 1330 g/mol. The highest BCUT2D eigenvalue weighted by molar-refractivity contribution is 7.89. The molecule has 2 aromatic heterocycles. The van der Waals surface area contributed by atoms with Crippen LogP contribution in [0.25, 0.3) is 10.9 Å². The Balaban J connectivity index is 1.08. The molecule has 3 atom stereocenters. The van der Waals surface area contributed by atoms with Crippen molar-refractivity contribution < 1.29 is 96.5 Å². The van der Waals surface area contributed by atoms with Gasteiger partial charge in [-0.1, -0.05) is 0 Å². The molecule has 0 radical (unpaired) electrons. The highest BCUT2D eigenvalue weighted by atomic mass is 32.2. The Bertz CT molecular complexity index is 3310. The number of carbonyl (C=O) groups excluding carboxylic acids is 5. The number of ether oxygens (including phenoxy) is 1. The summed E-state index contributed by atoms with van der Waals surface area (Å²) in [5.41, 5.74) is 1.38. The number of aromatic nitrogens is 4. The standard InChI is InChI=1S/C57H81N15O20S/c1-36-27-40(28-37(2)52(36)93(90,91)67-43(56(88)89)31-63-53(85)38-6-9-44-39(29-38)30-64-72(44)17-4-12-60-57-61-15-16-62-57)92-26-3-5-45(73)58-13-14-59-54(86)41(7-10-47(75)76)66-55(87)42(8-11-48(77)78)65-46(74)32-68-18-20-69(33-49(79)80)22-24-71(35-51(83)84)25-23-70(21-19-68)34-50(81)82/h6,9,15-16,27-30,41-43,67H,3-5,7-8,10-14,17-26,31-35H2,1-2H3,(H,58,73)(H,59,86)(H,63,85)(H,65,74)(H,66,87)(H,75,76)(H,77,78)(H,79,80)(H,81,82)(H,83,84)(H,88,89)(H2,60,61,62)/t41?,42-,43-/m0/s1. The van der Waals surface area contributed by atoms with Crippen molar-refractivity contribution in [2.45, 2.75) is 88.4 Å². The highest BCUT2D eigenvalue weighted by Gasteiger charge is 2.31. The number of sulfonamides is 1.